The van der Waals surface area contributed by atoms with Crippen molar-refractivity contribution in [2.24, 2.45) is 5.92 Å². The SMILES string of the molecule is CCn1c(=S)[nH]c2cc(C(=O)N(C)CC3CC3)ccc2c1=O. The molecule has 1 aliphatic carbocycles. The van der Waals surface area contributed by atoms with Crippen LogP contribution in [0.5, 0.6) is 0 Å². The lowest BCUT2D eigenvalue weighted by Gasteiger charge is -2.17. The Balaban J connectivity index is 2.00. The average Bonchev–Trinajstić information content (AvgIpc) is 3.30. The highest BCUT2D eigenvalue weighted by Gasteiger charge is 2.25. The van der Waals surface area contributed by atoms with Gasteiger partial charge in [0.05, 0.1) is 10.9 Å². The lowest BCUT2D eigenvalue weighted by atomic mass is 10.1. The van der Waals surface area contributed by atoms with Crippen LogP contribution in [0.15, 0.2) is 23.0 Å². The first-order chi connectivity index (χ1) is 10.5. The molecule has 5 nitrogen and oxygen atoms in total. The van der Waals surface area contributed by atoms with E-state index in [4.69, 9.17) is 12.2 Å². The minimum absolute atomic E-state index is 0.0206. The first-order valence-electron chi connectivity index (χ1n) is 7.53. The maximum Gasteiger partial charge on any atom is 0.262 e. The molecule has 0 radical (unpaired) electrons. The van der Waals surface area contributed by atoms with Crippen molar-refractivity contribution in [2.45, 2.75) is 26.3 Å². The van der Waals surface area contributed by atoms with Crippen LogP contribution in [0.2, 0.25) is 0 Å². The van der Waals surface area contributed by atoms with Gasteiger partial charge in [-0.25, -0.2) is 0 Å². The summed E-state index contributed by atoms with van der Waals surface area (Å²) in [5, 5.41) is 0.553. The van der Waals surface area contributed by atoms with E-state index in [0.717, 1.165) is 6.54 Å². The Kier molecular flexibility index (Phi) is 3.87. The number of amides is 1. The largest absolute Gasteiger partial charge is 0.341 e. The van der Waals surface area contributed by atoms with Crippen molar-refractivity contribution in [3.8, 4) is 0 Å². The van der Waals surface area contributed by atoms with E-state index in [0.29, 0.717) is 33.7 Å². The molecule has 1 aromatic carbocycles. The minimum Gasteiger partial charge on any atom is -0.341 e. The molecule has 22 heavy (non-hydrogen) atoms. The Bertz CT molecular complexity index is 849. The molecule has 6 heteroatoms. The number of benzene rings is 1. The van der Waals surface area contributed by atoms with Gasteiger partial charge in [0, 0.05) is 25.7 Å². The zero-order valence-corrected chi connectivity index (χ0v) is 13.6. The Labute approximate surface area is 133 Å². The molecule has 1 heterocycles. The van der Waals surface area contributed by atoms with E-state index in [1.807, 2.05) is 14.0 Å². The normalized spacial score (nSPS) is 14.3. The Morgan fingerprint density at radius 1 is 1.45 bits per heavy atom. The van der Waals surface area contributed by atoms with Gasteiger partial charge >= 0.3 is 0 Å². The number of rotatable bonds is 4. The summed E-state index contributed by atoms with van der Waals surface area (Å²) in [5.41, 5.74) is 1.08. The van der Waals surface area contributed by atoms with Crippen LogP contribution >= 0.6 is 12.2 Å². The van der Waals surface area contributed by atoms with E-state index >= 15 is 0 Å². The van der Waals surface area contributed by atoms with Crippen LogP contribution in [0.25, 0.3) is 10.9 Å². The van der Waals surface area contributed by atoms with Gasteiger partial charge in [-0.3, -0.25) is 14.2 Å². The van der Waals surface area contributed by atoms with Gasteiger partial charge < -0.3 is 9.88 Å². The van der Waals surface area contributed by atoms with Crippen LogP contribution in [0.4, 0.5) is 0 Å². The third kappa shape index (κ3) is 2.70. The molecule has 1 aromatic heterocycles. The van der Waals surface area contributed by atoms with Gasteiger partial charge in [0.15, 0.2) is 4.77 Å². The van der Waals surface area contributed by atoms with E-state index in [-0.39, 0.29) is 11.5 Å². The number of aromatic nitrogens is 2. The second-order valence-electron chi connectivity index (χ2n) is 5.87. The maximum absolute atomic E-state index is 12.4. The number of nitrogens with zero attached hydrogens (tertiary/aromatic N) is 2. The Hall–Kier alpha value is -1.95. The van der Waals surface area contributed by atoms with Gasteiger partial charge in [-0.2, -0.15) is 0 Å². The van der Waals surface area contributed by atoms with Gasteiger partial charge in [0.1, 0.15) is 0 Å². The molecular formula is C16H19N3O2S. The molecular weight excluding hydrogens is 298 g/mol. The minimum atomic E-state index is -0.119. The summed E-state index contributed by atoms with van der Waals surface area (Å²) in [6.07, 6.45) is 2.41. The van der Waals surface area contributed by atoms with E-state index in [1.165, 1.54) is 17.4 Å². The van der Waals surface area contributed by atoms with Crippen LogP contribution in [-0.2, 0) is 6.54 Å². The third-order valence-electron chi connectivity index (χ3n) is 4.12. The number of aromatic amines is 1. The molecule has 0 bridgehead atoms. The van der Waals surface area contributed by atoms with Crippen LogP contribution < -0.4 is 5.56 Å². The monoisotopic (exact) mass is 317 g/mol. The smallest absolute Gasteiger partial charge is 0.262 e. The molecule has 2 aromatic rings. The van der Waals surface area contributed by atoms with Crippen molar-refractivity contribution in [3.63, 3.8) is 0 Å². The molecule has 0 spiro atoms. The molecule has 0 saturated heterocycles. The van der Waals surface area contributed by atoms with Crippen LogP contribution in [0, 0.1) is 10.7 Å². The van der Waals surface area contributed by atoms with Crippen LogP contribution in [0.3, 0.4) is 0 Å². The predicted molar refractivity (Wildman–Crippen MR) is 88.8 cm³/mol. The molecule has 1 N–H and O–H groups in total. The topological polar surface area (TPSA) is 58.1 Å². The maximum atomic E-state index is 12.4. The Morgan fingerprint density at radius 3 is 2.82 bits per heavy atom. The number of hydrogen-bond acceptors (Lipinski definition) is 3. The second kappa shape index (κ2) is 5.68. The molecule has 0 aliphatic heterocycles. The van der Waals surface area contributed by atoms with Gasteiger partial charge in [-0.15, -0.1) is 0 Å². The molecule has 1 fully saturated rings. The van der Waals surface area contributed by atoms with Gasteiger partial charge in [-0.05, 0) is 56.1 Å². The summed E-state index contributed by atoms with van der Waals surface area (Å²) in [4.78, 5) is 29.6. The molecule has 0 atom stereocenters. The van der Waals surface area contributed by atoms with Crippen molar-refractivity contribution in [2.75, 3.05) is 13.6 Å². The number of hydrogen-bond donors (Lipinski definition) is 1. The van der Waals surface area contributed by atoms with Crippen molar-refractivity contribution >= 4 is 29.0 Å². The number of nitrogens with one attached hydrogen (secondary N) is 1. The van der Waals surface area contributed by atoms with Crippen molar-refractivity contribution in [1.29, 1.82) is 0 Å². The van der Waals surface area contributed by atoms with E-state index in [9.17, 15) is 9.59 Å². The fourth-order valence-corrected chi connectivity index (χ4v) is 2.99. The first kappa shape index (κ1) is 15.0. The molecule has 1 amide bonds. The second-order valence-corrected chi connectivity index (χ2v) is 6.26. The van der Waals surface area contributed by atoms with E-state index in [1.54, 1.807) is 23.1 Å². The summed E-state index contributed by atoms with van der Waals surface area (Å²) in [5.74, 6) is 0.629. The number of H-pyrrole nitrogens is 1. The van der Waals surface area contributed by atoms with Gasteiger partial charge in [0.2, 0.25) is 0 Å². The zero-order chi connectivity index (χ0) is 15.9. The molecule has 1 aliphatic rings. The van der Waals surface area contributed by atoms with Crippen LogP contribution in [0.1, 0.15) is 30.1 Å². The van der Waals surface area contributed by atoms with Gasteiger partial charge in [-0.1, -0.05) is 0 Å². The van der Waals surface area contributed by atoms with E-state index < -0.39 is 0 Å². The van der Waals surface area contributed by atoms with Gasteiger partial charge in [0.25, 0.3) is 11.5 Å². The highest BCUT2D eigenvalue weighted by Crippen LogP contribution is 2.29. The summed E-state index contributed by atoms with van der Waals surface area (Å²) in [7, 11) is 1.82. The highest BCUT2D eigenvalue weighted by molar-refractivity contribution is 7.71. The molecule has 1 saturated carbocycles. The first-order valence-corrected chi connectivity index (χ1v) is 7.94. The average molecular weight is 317 g/mol. The summed E-state index contributed by atoms with van der Waals surface area (Å²) < 4.78 is 1.90. The summed E-state index contributed by atoms with van der Waals surface area (Å²) >= 11 is 5.20. The molecule has 3 rings (SSSR count). The quantitative estimate of drug-likeness (QED) is 0.882. The number of carbonyl (C=O) groups excluding carboxylic acids is 1. The fourth-order valence-electron chi connectivity index (χ4n) is 2.67. The van der Waals surface area contributed by atoms with Crippen LogP contribution in [-0.4, -0.2) is 34.0 Å². The van der Waals surface area contributed by atoms with Crippen molar-refractivity contribution in [1.82, 2.24) is 14.5 Å². The number of fused-ring (bicyclic) bond motifs is 1. The molecule has 0 unspecified atom stereocenters. The fraction of sp³-hybridized carbons (Fsp3) is 0.438. The molecule has 116 valence electrons. The summed E-state index contributed by atoms with van der Waals surface area (Å²) in [6.45, 7) is 3.20. The standard InChI is InChI=1S/C16H19N3O2S/c1-3-19-15(21)12-7-6-11(8-13(12)17-16(19)22)14(20)18(2)9-10-4-5-10/h6-8,10H,3-5,9H2,1-2H3,(H,17,22). The number of carbonyl (C=O) groups is 1. The highest BCUT2D eigenvalue weighted by atomic mass is 32.1. The zero-order valence-electron chi connectivity index (χ0n) is 12.8. The lowest BCUT2D eigenvalue weighted by molar-refractivity contribution is 0.0789. The van der Waals surface area contributed by atoms with Crippen molar-refractivity contribution in [3.05, 3.63) is 38.9 Å². The Morgan fingerprint density at radius 2 is 2.18 bits per heavy atom. The van der Waals surface area contributed by atoms with E-state index in [2.05, 4.69) is 4.98 Å². The lowest BCUT2D eigenvalue weighted by Crippen LogP contribution is -2.29. The predicted octanol–water partition coefficient (Wildman–Crippen LogP) is 2.56. The summed E-state index contributed by atoms with van der Waals surface area (Å²) in [6, 6.07) is 5.14. The van der Waals surface area contributed by atoms with Crippen molar-refractivity contribution < 1.29 is 4.79 Å². The third-order valence-corrected chi connectivity index (χ3v) is 4.44.